The Labute approximate surface area is 212 Å². The molecule has 0 aliphatic carbocycles. The SMILES string of the molecule is O=C(CN(CC(=O)ON1C(=O)CCC1=O)C(=O)OCc1ccccc1)NCCSCc1ccccc1. The van der Waals surface area contributed by atoms with E-state index in [0.717, 1.165) is 16.2 Å². The molecule has 0 bridgehead atoms. The van der Waals surface area contributed by atoms with Crippen LogP contribution in [0.5, 0.6) is 0 Å². The molecule has 0 atom stereocenters. The first kappa shape index (κ1) is 26.7. The Morgan fingerprint density at radius 2 is 1.50 bits per heavy atom. The molecule has 0 spiro atoms. The number of carbonyl (C=O) groups is 5. The van der Waals surface area contributed by atoms with Gasteiger partial charge in [-0.25, -0.2) is 9.59 Å². The normalized spacial score (nSPS) is 12.8. The molecule has 0 aromatic heterocycles. The monoisotopic (exact) mass is 513 g/mol. The van der Waals surface area contributed by atoms with Crippen molar-refractivity contribution in [3.05, 3.63) is 71.8 Å². The number of amides is 4. The number of ether oxygens (including phenoxy) is 1. The van der Waals surface area contributed by atoms with Gasteiger partial charge in [0.1, 0.15) is 19.7 Å². The summed E-state index contributed by atoms with van der Waals surface area (Å²) in [4.78, 5) is 66.5. The maximum Gasteiger partial charge on any atom is 0.411 e. The second kappa shape index (κ2) is 13.9. The topological polar surface area (TPSA) is 122 Å². The zero-order chi connectivity index (χ0) is 25.8. The molecule has 36 heavy (non-hydrogen) atoms. The summed E-state index contributed by atoms with van der Waals surface area (Å²) in [5.74, 6) is -1.36. The fourth-order valence-electron chi connectivity index (χ4n) is 3.20. The second-order valence-electron chi connectivity index (χ2n) is 7.83. The van der Waals surface area contributed by atoms with Gasteiger partial charge < -0.3 is 14.9 Å². The standard InChI is InChI=1S/C25H27N3O7S/c29-21(26-13-14-36-18-20-9-5-2-6-10-20)15-27(25(33)34-17-19-7-3-1-4-8-19)16-24(32)35-28-22(30)11-12-23(28)31/h1-10H,11-18H2,(H,26,29). The van der Waals surface area contributed by atoms with Crippen molar-refractivity contribution in [3.63, 3.8) is 0 Å². The molecule has 1 fully saturated rings. The Kier molecular flexibility index (Phi) is 10.3. The zero-order valence-corrected chi connectivity index (χ0v) is 20.4. The predicted octanol–water partition coefficient (Wildman–Crippen LogP) is 2.28. The number of thioether (sulfide) groups is 1. The van der Waals surface area contributed by atoms with E-state index in [1.165, 1.54) is 5.56 Å². The molecule has 4 amide bonds. The van der Waals surface area contributed by atoms with Gasteiger partial charge in [-0.3, -0.25) is 19.3 Å². The third-order valence-electron chi connectivity index (χ3n) is 5.00. The van der Waals surface area contributed by atoms with Crippen LogP contribution in [0.3, 0.4) is 0 Å². The highest BCUT2D eigenvalue weighted by molar-refractivity contribution is 7.98. The summed E-state index contributed by atoms with van der Waals surface area (Å²) in [6.45, 7) is -0.842. The van der Waals surface area contributed by atoms with Crippen molar-refractivity contribution >= 4 is 41.5 Å². The minimum Gasteiger partial charge on any atom is -0.445 e. The first-order valence-corrected chi connectivity index (χ1v) is 12.5. The number of imide groups is 1. The molecule has 1 heterocycles. The van der Waals surface area contributed by atoms with E-state index in [1.807, 2.05) is 36.4 Å². The van der Waals surface area contributed by atoms with Crippen LogP contribution in [-0.4, -0.2) is 65.1 Å². The number of hydroxylamine groups is 2. The second-order valence-corrected chi connectivity index (χ2v) is 8.93. The van der Waals surface area contributed by atoms with E-state index in [4.69, 9.17) is 9.57 Å². The average Bonchev–Trinajstić information content (AvgIpc) is 3.20. The van der Waals surface area contributed by atoms with Gasteiger partial charge in [0.25, 0.3) is 11.8 Å². The number of benzene rings is 2. The van der Waals surface area contributed by atoms with Crippen molar-refractivity contribution in [2.24, 2.45) is 0 Å². The first-order valence-electron chi connectivity index (χ1n) is 11.3. The molecule has 0 unspecified atom stereocenters. The van der Waals surface area contributed by atoms with Crippen LogP contribution in [0.4, 0.5) is 4.79 Å². The summed E-state index contributed by atoms with van der Waals surface area (Å²) in [6.07, 6.45) is -1.03. The fraction of sp³-hybridized carbons (Fsp3) is 0.320. The molecule has 2 aromatic carbocycles. The lowest BCUT2D eigenvalue weighted by Gasteiger charge is -2.22. The van der Waals surface area contributed by atoms with Crippen LogP contribution in [0.25, 0.3) is 0 Å². The Bertz CT molecular complexity index is 1050. The van der Waals surface area contributed by atoms with Crippen molar-refractivity contribution in [3.8, 4) is 0 Å². The lowest BCUT2D eigenvalue weighted by Crippen LogP contribution is -2.45. The van der Waals surface area contributed by atoms with Crippen molar-refractivity contribution in [2.45, 2.75) is 25.2 Å². The molecule has 190 valence electrons. The molecule has 10 nitrogen and oxygen atoms in total. The third-order valence-corrected chi connectivity index (χ3v) is 6.03. The number of rotatable bonds is 12. The lowest BCUT2D eigenvalue weighted by molar-refractivity contribution is -0.197. The summed E-state index contributed by atoms with van der Waals surface area (Å²) in [7, 11) is 0. The zero-order valence-electron chi connectivity index (χ0n) is 19.6. The average molecular weight is 514 g/mol. The summed E-state index contributed by atoms with van der Waals surface area (Å²) in [6, 6.07) is 18.8. The molecular weight excluding hydrogens is 486 g/mol. The van der Waals surface area contributed by atoms with Crippen molar-refractivity contribution in [2.75, 3.05) is 25.4 Å². The van der Waals surface area contributed by atoms with E-state index in [1.54, 1.807) is 36.0 Å². The molecule has 3 rings (SSSR count). The van der Waals surface area contributed by atoms with Crippen LogP contribution in [0.15, 0.2) is 60.7 Å². The van der Waals surface area contributed by atoms with Gasteiger partial charge >= 0.3 is 12.1 Å². The molecule has 11 heteroatoms. The Morgan fingerprint density at radius 3 is 2.14 bits per heavy atom. The van der Waals surface area contributed by atoms with Crippen LogP contribution in [-0.2, 0) is 41.1 Å². The highest BCUT2D eigenvalue weighted by atomic mass is 32.2. The van der Waals surface area contributed by atoms with E-state index in [9.17, 15) is 24.0 Å². The first-order chi connectivity index (χ1) is 17.4. The summed E-state index contributed by atoms with van der Waals surface area (Å²) < 4.78 is 5.24. The molecule has 1 aliphatic heterocycles. The predicted molar refractivity (Wildman–Crippen MR) is 131 cm³/mol. The summed E-state index contributed by atoms with van der Waals surface area (Å²) in [5, 5.41) is 3.10. The number of hydrogen-bond donors (Lipinski definition) is 1. The number of nitrogens with zero attached hydrogens (tertiary/aromatic N) is 2. The maximum atomic E-state index is 12.7. The summed E-state index contributed by atoms with van der Waals surface area (Å²) in [5.41, 5.74) is 1.90. The van der Waals surface area contributed by atoms with Gasteiger partial charge in [0.2, 0.25) is 5.91 Å². The smallest absolute Gasteiger partial charge is 0.411 e. The largest absolute Gasteiger partial charge is 0.445 e. The van der Waals surface area contributed by atoms with E-state index in [-0.39, 0.29) is 19.4 Å². The Hall–Kier alpha value is -3.86. The Morgan fingerprint density at radius 1 is 0.889 bits per heavy atom. The van der Waals surface area contributed by atoms with Crippen molar-refractivity contribution < 1.29 is 33.5 Å². The third kappa shape index (κ3) is 8.73. The van der Waals surface area contributed by atoms with Crippen LogP contribution in [0, 0.1) is 0 Å². The number of carbonyl (C=O) groups excluding carboxylic acids is 5. The van der Waals surface area contributed by atoms with Crippen molar-refractivity contribution in [1.29, 1.82) is 0 Å². The van der Waals surface area contributed by atoms with E-state index >= 15 is 0 Å². The Balaban J connectivity index is 1.50. The van der Waals surface area contributed by atoms with Crippen LogP contribution >= 0.6 is 11.8 Å². The molecule has 1 aliphatic rings. The molecular formula is C25H27N3O7S. The van der Waals surface area contributed by atoms with Crippen LogP contribution < -0.4 is 5.32 Å². The van der Waals surface area contributed by atoms with Gasteiger partial charge in [0, 0.05) is 30.9 Å². The summed E-state index contributed by atoms with van der Waals surface area (Å²) >= 11 is 1.64. The van der Waals surface area contributed by atoms with Crippen LogP contribution in [0.2, 0.25) is 0 Å². The molecule has 1 saturated heterocycles. The lowest BCUT2D eigenvalue weighted by atomic mass is 10.2. The number of nitrogens with one attached hydrogen (secondary N) is 1. The minimum atomic E-state index is -1.04. The highest BCUT2D eigenvalue weighted by Gasteiger charge is 2.34. The van der Waals surface area contributed by atoms with Gasteiger partial charge in [0.15, 0.2) is 0 Å². The van der Waals surface area contributed by atoms with Gasteiger partial charge in [-0.05, 0) is 11.1 Å². The van der Waals surface area contributed by atoms with Gasteiger partial charge in [-0.15, -0.1) is 5.06 Å². The van der Waals surface area contributed by atoms with Crippen molar-refractivity contribution in [1.82, 2.24) is 15.3 Å². The van der Waals surface area contributed by atoms with E-state index in [2.05, 4.69) is 5.32 Å². The number of hydrogen-bond acceptors (Lipinski definition) is 8. The molecule has 2 aromatic rings. The minimum absolute atomic E-state index is 0.0559. The van der Waals surface area contributed by atoms with Crippen LogP contribution in [0.1, 0.15) is 24.0 Å². The molecule has 0 radical (unpaired) electrons. The molecule has 0 saturated carbocycles. The highest BCUT2D eigenvalue weighted by Crippen LogP contribution is 2.13. The maximum absolute atomic E-state index is 12.7. The molecule has 1 N–H and O–H groups in total. The van der Waals surface area contributed by atoms with E-state index < -0.39 is 42.9 Å². The quantitative estimate of drug-likeness (QED) is 0.339. The van der Waals surface area contributed by atoms with E-state index in [0.29, 0.717) is 17.4 Å². The van der Waals surface area contributed by atoms with Gasteiger partial charge in [-0.1, -0.05) is 60.7 Å². The fourth-order valence-corrected chi connectivity index (χ4v) is 4.01. The van der Waals surface area contributed by atoms with Gasteiger partial charge in [0.05, 0.1) is 0 Å². The van der Waals surface area contributed by atoms with Gasteiger partial charge in [-0.2, -0.15) is 11.8 Å².